The number of furan rings is 1. The van der Waals surface area contributed by atoms with Crippen LogP contribution in [0.5, 0.6) is 5.75 Å². The number of hydrogen-bond donors (Lipinski definition) is 1. The molecule has 0 saturated carbocycles. The second kappa shape index (κ2) is 6.95. The summed E-state index contributed by atoms with van der Waals surface area (Å²) < 4.78 is 24.5. The van der Waals surface area contributed by atoms with Gasteiger partial charge in [-0.1, -0.05) is 18.2 Å². The zero-order chi connectivity index (χ0) is 18.8. The van der Waals surface area contributed by atoms with Crippen molar-refractivity contribution in [2.75, 3.05) is 16.8 Å². The van der Waals surface area contributed by atoms with E-state index >= 15 is 0 Å². The van der Waals surface area contributed by atoms with Crippen LogP contribution in [0.3, 0.4) is 0 Å². The third kappa shape index (κ3) is 3.39. The van der Waals surface area contributed by atoms with E-state index in [1.54, 1.807) is 48.5 Å². The fourth-order valence-electron chi connectivity index (χ4n) is 2.85. The largest absolute Gasteiger partial charge is 0.482 e. The molecule has 4 rings (SSSR count). The first-order valence-electron chi connectivity index (χ1n) is 8.27. The van der Waals surface area contributed by atoms with Gasteiger partial charge in [0.15, 0.2) is 12.4 Å². The number of benzene rings is 2. The van der Waals surface area contributed by atoms with Gasteiger partial charge in [-0.3, -0.25) is 9.59 Å². The van der Waals surface area contributed by atoms with Gasteiger partial charge in [-0.25, -0.2) is 4.39 Å². The number of anilines is 2. The molecular formula is C20H15FN2O4. The number of halogens is 1. The van der Waals surface area contributed by atoms with Gasteiger partial charge in [0.05, 0.1) is 18.5 Å². The summed E-state index contributed by atoms with van der Waals surface area (Å²) in [4.78, 5) is 26.0. The summed E-state index contributed by atoms with van der Waals surface area (Å²) >= 11 is 0. The van der Waals surface area contributed by atoms with Crippen molar-refractivity contribution in [2.24, 2.45) is 0 Å². The number of carbonyl (C=O) groups is 2. The summed E-state index contributed by atoms with van der Waals surface area (Å²) in [5.74, 6) is -0.435. The van der Waals surface area contributed by atoms with Gasteiger partial charge in [-0.05, 0) is 36.4 Å². The average Bonchev–Trinajstić information content (AvgIpc) is 3.21. The highest BCUT2D eigenvalue weighted by Crippen LogP contribution is 2.35. The van der Waals surface area contributed by atoms with Crippen LogP contribution in [-0.2, 0) is 11.3 Å². The Bertz CT molecular complexity index is 1000. The predicted molar refractivity (Wildman–Crippen MR) is 96.2 cm³/mol. The lowest BCUT2D eigenvalue weighted by molar-refractivity contribution is -0.121. The van der Waals surface area contributed by atoms with Crippen LogP contribution < -0.4 is 15.0 Å². The van der Waals surface area contributed by atoms with E-state index < -0.39 is 5.91 Å². The topological polar surface area (TPSA) is 71.8 Å². The lowest BCUT2D eigenvalue weighted by Gasteiger charge is -2.30. The molecular weight excluding hydrogens is 351 g/mol. The maximum atomic E-state index is 14.0. The van der Waals surface area contributed by atoms with Gasteiger partial charge in [0.25, 0.3) is 11.8 Å². The summed E-state index contributed by atoms with van der Waals surface area (Å²) in [7, 11) is 0. The zero-order valence-electron chi connectivity index (χ0n) is 14.1. The highest BCUT2D eigenvalue weighted by Gasteiger charge is 2.27. The third-order valence-electron chi connectivity index (χ3n) is 4.19. The molecule has 7 heteroatoms. The van der Waals surface area contributed by atoms with Crippen LogP contribution in [0.4, 0.5) is 15.8 Å². The quantitative estimate of drug-likeness (QED) is 0.766. The molecule has 3 aromatic rings. The molecule has 0 atom stereocenters. The van der Waals surface area contributed by atoms with Crippen LogP contribution in [0.2, 0.25) is 0 Å². The number of rotatable bonds is 4. The lowest BCUT2D eigenvalue weighted by atomic mass is 10.1. The molecule has 2 aromatic carbocycles. The van der Waals surface area contributed by atoms with Crippen molar-refractivity contribution in [2.45, 2.75) is 6.54 Å². The monoisotopic (exact) mass is 366 g/mol. The first-order chi connectivity index (χ1) is 13.1. The van der Waals surface area contributed by atoms with Gasteiger partial charge in [-0.2, -0.15) is 0 Å². The maximum absolute atomic E-state index is 14.0. The molecule has 2 heterocycles. The van der Waals surface area contributed by atoms with E-state index in [9.17, 15) is 14.0 Å². The zero-order valence-corrected chi connectivity index (χ0v) is 14.1. The number of nitrogens with zero attached hydrogens (tertiary/aromatic N) is 1. The molecule has 1 aliphatic rings. The van der Waals surface area contributed by atoms with Gasteiger partial charge in [0.1, 0.15) is 11.6 Å². The molecule has 2 amide bonds. The van der Waals surface area contributed by atoms with E-state index in [1.165, 1.54) is 17.2 Å². The highest BCUT2D eigenvalue weighted by molar-refractivity contribution is 6.03. The predicted octanol–water partition coefficient (Wildman–Crippen LogP) is 3.60. The minimum atomic E-state index is -0.413. The maximum Gasteiger partial charge on any atom is 0.291 e. The van der Waals surface area contributed by atoms with E-state index in [0.717, 1.165) is 0 Å². The molecule has 0 aliphatic carbocycles. The Hall–Kier alpha value is -3.61. The Morgan fingerprint density at radius 3 is 2.78 bits per heavy atom. The molecule has 27 heavy (non-hydrogen) atoms. The molecule has 0 unspecified atom stereocenters. The van der Waals surface area contributed by atoms with Crippen LogP contribution in [0.1, 0.15) is 16.1 Å². The second-order valence-corrected chi connectivity index (χ2v) is 5.97. The SMILES string of the molecule is O=C(Nc1ccc2c(c1)N(Cc1ccccc1F)C(=O)CO2)c1ccco1. The van der Waals surface area contributed by atoms with Crippen LogP contribution in [0.15, 0.2) is 65.3 Å². The van der Waals surface area contributed by atoms with Crippen molar-refractivity contribution in [3.05, 3.63) is 78.0 Å². The van der Waals surface area contributed by atoms with Gasteiger partial charge >= 0.3 is 0 Å². The first-order valence-corrected chi connectivity index (χ1v) is 8.27. The molecule has 1 aliphatic heterocycles. The minimum absolute atomic E-state index is 0.0669. The van der Waals surface area contributed by atoms with E-state index in [4.69, 9.17) is 9.15 Å². The number of hydrogen-bond acceptors (Lipinski definition) is 4. The summed E-state index contributed by atoms with van der Waals surface area (Å²) in [6, 6.07) is 14.4. The Kier molecular flexibility index (Phi) is 4.33. The summed E-state index contributed by atoms with van der Waals surface area (Å²) in [6.07, 6.45) is 1.41. The molecule has 1 N–H and O–H groups in total. The first kappa shape index (κ1) is 16.8. The Morgan fingerprint density at radius 2 is 2.00 bits per heavy atom. The molecule has 0 radical (unpaired) electrons. The van der Waals surface area contributed by atoms with Crippen molar-refractivity contribution in [3.63, 3.8) is 0 Å². The van der Waals surface area contributed by atoms with Crippen molar-refractivity contribution in [3.8, 4) is 5.75 Å². The Balaban J connectivity index is 1.63. The van der Waals surface area contributed by atoms with Crippen molar-refractivity contribution < 1.29 is 23.1 Å². The van der Waals surface area contributed by atoms with Crippen LogP contribution >= 0.6 is 0 Å². The van der Waals surface area contributed by atoms with Crippen LogP contribution in [-0.4, -0.2) is 18.4 Å². The van der Waals surface area contributed by atoms with E-state index in [1.807, 2.05) is 0 Å². The lowest BCUT2D eigenvalue weighted by Crippen LogP contribution is -2.38. The average molecular weight is 366 g/mol. The van der Waals surface area contributed by atoms with Crippen LogP contribution in [0, 0.1) is 5.82 Å². The number of fused-ring (bicyclic) bond motifs is 1. The molecule has 0 bridgehead atoms. The van der Waals surface area contributed by atoms with Gasteiger partial charge in [0, 0.05) is 11.3 Å². The second-order valence-electron chi connectivity index (χ2n) is 5.97. The smallest absolute Gasteiger partial charge is 0.291 e. The number of carbonyl (C=O) groups excluding carboxylic acids is 2. The highest BCUT2D eigenvalue weighted by atomic mass is 19.1. The molecule has 0 fully saturated rings. The van der Waals surface area contributed by atoms with Crippen molar-refractivity contribution in [1.82, 2.24) is 0 Å². The van der Waals surface area contributed by atoms with Crippen molar-refractivity contribution in [1.29, 1.82) is 0 Å². The summed E-state index contributed by atoms with van der Waals surface area (Å²) in [5.41, 5.74) is 1.32. The fourth-order valence-corrected chi connectivity index (χ4v) is 2.85. The fraction of sp³-hybridized carbons (Fsp3) is 0.100. The van der Waals surface area contributed by atoms with Gasteiger partial charge in [0.2, 0.25) is 0 Å². The molecule has 1 aromatic heterocycles. The van der Waals surface area contributed by atoms with Crippen LogP contribution in [0.25, 0.3) is 0 Å². The molecule has 136 valence electrons. The summed E-state index contributed by atoms with van der Waals surface area (Å²) in [5, 5.41) is 2.70. The van der Waals surface area contributed by atoms with Crippen molar-refractivity contribution >= 4 is 23.2 Å². The third-order valence-corrected chi connectivity index (χ3v) is 4.19. The number of nitrogens with one attached hydrogen (secondary N) is 1. The summed E-state index contributed by atoms with van der Waals surface area (Å²) in [6.45, 7) is -0.0585. The minimum Gasteiger partial charge on any atom is -0.482 e. The normalized spacial score (nSPS) is 13.1. The Morgan fingerprint density at radius 1 is 1.15 bits per heavy atom. The van der Waals surface area contributed by atoms with Gasteiger partial charge in [-0.15, -0.1) is 0 Å². The molecule has 6 nitrogen and oxygen atoms in total. The number of ether oxygens (including phenoxy) is 1. The number of amides is 2. The van der Waals surface area contributed by atoms with E-state index in [-0.39, 0.29) is 30.6 Å². The van der Waals surface area contributed by atoms with E-state index in [0.29, 0.717) is 22.7 Å². The molecule has 0 saturated heterocycles. The Labute approximate surface area is 154 Å². The van der Waals surface area contributed by atoms with Gasteiger partial charge < -0.3 is 19.4 Å². The van der Waals surface area contributed by atoms with E-state index in [2.05, 4.69) is 5.32 Å². The molecule has 0 spiro atoms. The standard InChI is InChI=1S/C20H15FN2O4/c21-15-5-2-1-4-13(15)11-23-16-10-14(7-8-17(16)27-12-19(23)24)22-20(25)18-6-3-9-26-18/h1-10H,11-12H2,(H,22,25).